The molecule has 0 saturated heterocycles. The van der Waals surface area contributed by atoms with Gasteiger partial charge < -0.3 is 10.1 Å². The molecule has 5 aromatic rings. The lowest BCUT2D eigenvalue weighted by Gasteiger charge is -2.11. The van der Waals surface area contributed by atoms with Gasteiger partial charge in [-0.25, -0.2) is 4.98 Å². The van der Waals surface area contributed by atoms with Crippen LogP contribution in [0, 0.1) is 6.92 Å². The van der Waals surface area contributed by atoms with E-state index in [-0.39, 0.29) is 11.7 Å². The fraction of sp³-hybridized carbons (Fsp3) is 0.172. The van der Waals surface area contributed by atoms with Crippen LogP contribution in [0.25, 0.3) is 17.1 Å². The van der Waals surface area contributed by atoms with Gasteiger partial charge in [0.25, 0.3) is 0 Å². The lowest BCUT2D eigenvalue weighted by Crippen LogP contribution is -2.14. The first-order valence-corrected chi connectivity index (χ1v) is 14.5. The van der Waals surface area contributed by atoms with Gasteiger partial charge in [0.2, 0.25) is 5.91 Å². The van der Waals surface area contributed by atoms with Crippen LogP contribution in [-0.2, 0) is 11.2 Å². The highest BCUT2D eigenvalue weighted by molar-refractivity contribution is 7.99. The first-order chi connectivity index (χ1) is 19.0. The van der Waals surface area contributed by atoms with Gasteiger partial charge in [-0.3, -0.25) is 9.36 Å². The number of carbonyl (C=O) groups excluding carboxylic acids is 1. The number of hydrogen-bond donors (Lipinski definition) is 1. The summed E-state index contributed by atoms with van der Waals surface area (Å²) >= 11 is 9.03. The van der Waals surface area contributed by atoms with E-state index in [4.69, 9.17) is 16.3 Å². The Labute approximate surface area is 240 Å². The van der Waals surface area contributed by atoms with E-state index in [1.54, 1.807) is 6.20 Å². The minimum Gasteiger partial charge on any atom is -0.494 e. The Morgan fingerprint density at radius 1 is 1.08 bits per heavy atom. The van der Waals surface area contributed by atoms with Crippen LogP contribution in [0.15, 0.2) is 84.1 Å². The van der Waals surface area contributed by atoms with Gasteiger partial charge in [-0.15, -0.1) is 21.5 Å². The molecule has 10 heteroatoms. The second-order valence-corrected chi connectivity index (χ2v) is 11.1. The van der Waals surface area contributed by atoms with E-state index in [1.165, 1.54) is 23.1 Å². The first kappa shape index (κ1) is 26.9. The van der Waals surface area contributed by atoms with Crippen molar-refractivity contribution in [2.45, 2.75) is 25.4 Å². The van der Waals surface area contributed by atoms with Crippen LogP contribution < -0.4 is 10.1 Å². The van der Waals surface area contributed by atoms with Crippen LogP contribution in [0.1, 0.15) is 22.9 Å². The number of anilines is 1. The molecule has 0 atom stereocenters. The summed E-state index contributed by atoms with van der Waals surface area (Å²) in [5, 5.41) is 13.7. The monoisotopic (exact) mass is 575 g/mol. The summed E-state index contributed by atoms with van der Waals surface area (Å²) in [7, 11) is 0. The number of ether oxygens (including phenoxy) is 1. The Morgan fingerprint density at radius 2 is 1.87 bits per heavy atom. The average Bonchev–Trinajstić information content (AvgIpc) is 3.57. The third-order valence-corrected chi connectivity index (χ3v) is 8.07. The Balaban J connectivity index is 1.27. The maximum Gasteiger partial charge on any atom is 0.236 e. The summed E-state index contributed by atoms with van der Waals surface area (Å²) in [5.74, 6) is 1.49. The van der Waals surface area contributed by atoms with Gasteiger partial charge in [-0.2, -0.15) is 0 Å². The average molecular weight is 576 g/mol. The molecule has 3 aromatic carbocycles. The number of rotatable bonds is 10. The van der Waals surface area contributed by atoms with E-state index in [2.05, 4.69) is 26.6 Å². The summed E-state index contributed by atoms with van der Waals surface area (Å²) in [6.45, 7) is 4.54. The summed E-state index contributed by atoms with van der Waals surface area (Å²) in [5.41, 5.74) is 3.96. The smallest absolute Gasteiger partial charge is 0.236 e. The van der Waals surface area contributed by atoms with Crippen molar-refractivity contribution in [1.82, 2.24) is 19.7 Å². The minimum atomic E-state index is -0.162. The summed E-state index contributed by atoms with van der Waals surface area (Å²) in [6, 6.07) is 23.6. The fourth-order valence-electron chi connectivity index (χ4n) is 3.91. The number of carbonyl (C=O) groups is 1. The molecule has 0 bridgehead atoms. The Morgan fingerprint density at radius 3 is 2.62 bits per heavy atom. The molecule has 39 heavy (non-hydrogen) atoms. The maximum atomic E-state index is 12.8. The predicted octanol–water partition coefficient (Wildman–Crippen LogP) is 7.07. The fourth-order valence-corrected chi connectivity index (χ4v) is 5.72. The number of thioether (sulfide) groups is 1. The lowest BCUT2D eigenvalue weighted by molar-refractivity contribution is -0.113. The van der Waals surface area contributed by atoms with Crippen molar-refractivity contribution in [2.24, 2.45) is 0 Å². The third kappa shape index (κ3) is 6.68. The molecular weight excluding hydrogens is 550 g/mol. The van der Waals surface area contributed by atoms with Crippen LogP contribution in [-0.4, -0.2) is 38.0 Å². The molecule has 0 saturated carbocycles. The number of aromatic nitrogens is 4. The quantitative estimate of drug-likeness (QED) is 0.179. The van der Waals surface area contributed by atoms with E-state index < -0.39 is 0 Å². The molecule has 1 amide bonds. The topological polar surface area (TPSA) is 81.9 Å². The number of amides is 1. The van der Waals surface area contributed by atoms with Crippen LogP contribution in [0.3, 0.4) is 0 Å². The molecule has 0 aliphatic carbocycles. The summed E-state index contributed by atoms with van der Waals surface area (Å²) < 4.78 is 7.53. The van der Waals surface area contributed by atoms with E-state index in [9.17, 15) is 4.79 Å². The van der Waals surface area contributed by atoms with Gasteiger partial charge in [0.15, 0.2) is 16.1 Å². The zero-order chi connectivity index (χ0) is 27.2. The molecule has 2 aromatic heterocycles. The highest BCUT2D eigenvalue weighted by Gasteiger charge is 2.18. The number of nitrogens with one attached hydrogen (secondary N) is 1. The SMILES string of the molecule is CCOc1ccc(-c2nnc(SCC(=O)Nc3ncc(Cc4ccc(C)c(Cl)c4)s3)n2-c2ccccc2)cc1. The maximum absolute atomic E-state index is 12.8. The summed E-state index contributed by atoms with van der Waals surface area (Å²) in [4.78, 5) is 18.2. The van der Waals surface area contributed by atoms with E-state index in [0.717, 1.165) is 38.0 Å². The number of aryl methyl sites for hydroxylation is 1. The second-order valence-electron chi connectivity index (χ2n) is 8.66. The number of halogens is 1. The van der Waals surface area contributed by atoms with Crippen LogP contribution >= 0.6 is 34.7 Å². The van der Waals surface area contributed by atoms with E-state index in [0.29, 0.717) is 29.1 Å². The number of hydrogen-bond acceptors (Lipinski definition) is 7. The number of para-hydroxylation sites is 1. The largest absolute Gasteiger partial charge is 0.494 e. The van der Waals surface area contributed by atoms with E-state index >= 15 is 0 Å². The molecule has 0 aliphatic heterocycles. The number of benzene rings is 3. The normalized spacial score (nSPS) is 10.9. The lowest BCUT2D eigenvalue weighted by atomic mass is 10.1. The molecule has 198 valence electrons. The van der Waals surface area contributed by atoms with Crippen molar-refractivity contribution in [3.05, 3.63) is 100 Å². The number of nitrogens with zero attached hydrogens (tertiary/aromatic N) is 4. The molecule has 7 nitrogen and oxygen atoms in total. The number of thiazole rings is 1. The zero-order valence-corrected chi connectivity index (χ0v) is 23.8. The van der Waals surface area contributed by atoms with Crippen molar-refractivity contribution >= 4 is 45.7 Å². The van der Waals surface area contributed by atoms with Crippen LogP contribution in [0.2, 0.25) is 5.02 Å². The molecule has 1 N–H and O–H groups in total. The van der Waals surface area contributed by atoms with Crippen molar-refractivity contribution < 1.29 is 9.53 Å². The minimum absolute atomic E-state index is 0.162. The zero-order valence-electron chi connectivity index (χ0n) is 21.4. The molecular formula is C29H26ClN5O2S2. The van der Waals surface area contributed by atoms with Crippen molar-refractivity contribution in [3.8, 4) is 22.8 Å². The molecule has 0 fully saturated rings. The molecule has 2 heterocycles. The molecule has 0 spiro atoms. The standard InChI is InChI=1S/C29H26ClN5O2S2/c1-3-37-23-13-11-21(12-14-23)27-33-34-29(35(27)22-7-5-4-6-8-22)38-18-26(36)32-28-31-17-24(39-28)15-20-10-9-19(2)25(30)16-20/h4-14,16-17H,3,15,18H2,1-2H3,(H,31,32,36). The molecule has 5 rings (SSSR count). The third-order valence-electron chi connectivity index (χ3n) is 5.82. The van der Waals surface area contributed by atoms with E-state index in [1.807, 2.05) is 85.1 Å². The summed E-state index contributed by atoms with van der Waals surface area (Å²) in [6.07, 6.45) is 2.49. The van der Waals surface area contributed by atoms with Gasteiger partial charge in [0.1, 0.15) is 5.75 Å². The van der Waals surface area contributed by atoms with Crippen LogP contribution in [0.5, 0.6) is 5.75 Å². The Bertz CT molecular complexity index is 1570. The van der Waals surface area contributed by atoms with Gasteiger partial charge in [0.05, 0.1) is 12.4 Å². The van der Waals surface area contributed by atoms with Gasteiger partial charge >= 0.3 is 0 Å². The Kier molecular flexibility index (Phi) is 8.61. The molecule has 0 radical (unpaired) electrons. The van der Waals surface area contributed by atoms with Crippen LogP contribution in [0.4, 0.5) is 5.13 Å². The van der Waals surface area contributed by atoms with Crippen molar-refractivity contribution in [2.75, 3.05) is 17.7 Å². The molecule has 0 aliphatic rings. The second kappa shape index (κ2) is 12.5. The first-order valence-electron chi connectivity index (χ1n) is 12.4. The van der Waals surface area contributed by atoms with Gasteiger partial charge in [-0.05, 0) is 67.4 Å². The highest BCUT2D eigenvalue weighted by Crippen LogP contribution is 2.30. The predicted molar refractivity (Wildman–Crippen MR) is 158 cm³/mol. The molecule has 0 unspecified atom stereocenters. The van der Waals surface area contributed by atoms with Gasteiger partial charge in [0, 0.05) is 33.8 Å². The van der Waals surface area contributed by atoms with Crippen molar-refractivity contribution in [1.29, 1.82) is 0 Å². The highest BCUT2D eigenvalue weighted by atomic mass is 35.5. The Hall–Kier alpha value is -3.66. The van der Waals surface area contributed by atoms with Crippen molar-refractivity contribution in [3.63, 3.8) is 0 Å². The van der Waals surface area contributed by atoms with Gasteiger partial charge in [-0.1, -0.05) is 53.7 Å².